The van der Waals surface area contributed by atoms with Crippen LogP contribution in [0.3, 0.4) is 0 Å². The quantitative estimate of drug-likeness (QED) is 0.190. The lowest BCUT2D eigenvalue weighted by molar-refractivity contribution is -0.138. The number of aldehydes is 1. The van der Waals surface area contributed by atoms with E-state index in [0.29, 0.717) is 5.56 Å². The van der Waals surface area contributed by atoms with Gasteiger partial charge in [0.1, 0.15) is 6.29 Å². The third kappa shape index (κ3) is 7.46. The van der Waals surface area contributed by atoms with E-state index in [1.165, 1.54) is 17.0 Å². The summed E-state index contributed by atoms with van der Waals surface area (Å²) in [5, 5.41) is 3.93. The van der Waals surface area contributed by atoms with Crippen molar-refractivity contribution in [1.29, 1.82) is 0 Å². The Morgan fingerprint density at radius 3 is 2.43 bits per heavy atom. The van der Waals surface area contributed by atoms with E-state index in [4.69, 9.17) is 0 Å². The summed E-state index contributed by atoms with van der Waals surface area (Å²) in [6.07, 6.45) is -1.50. The van der Waals surface area contributed by atoms with Crippen LogP contribution in [0.1, 0.15) is 59.7 Å². The molecular weight excluding hydrogens is 495 g/mol. The van der Waals surface area contributed by atoms with Gasteiger partial charge in [-0.2, -0.15) is 13.2 Å². The molecule has 0 aliphatic heterocycles. The predicted molar refractivity (Wildman–Crippen MR) is 145 cm³/mol. The first-order valence-corrected chi connectivity index (χ1v) is 13.1. The molecule has 0 unspecified atom stereocenters. The minimum absolute atomic E-state index is 0.0904. The first kappa shape index (κ1) is 28.5. The van der Waals surface area contributed by atoms with Crippen molar-refractivity contribution >= 4 is 29.0 Å². The van der Waals surface area contributed by atoms with E-state index >= 15 is 0 Å². The molecule has 196 valence electrons. The number of nitrogens with one attached hydrogen (secondary N) is 1. The zero-order chi connectivity index (χ0) is 27.0. The molecule has 0 saturated carbocycles. The smallest absolute Gasteiger partial charge is 0.342 e. The van der Waals surface area contributed by atoms with Crippen molar-refractivity contribution in [3.63, 3.8) is 0 Å². The highest BCUT2D eigenvalue weighted by Crippen LogP contribution is 2.34. The van der Waals surface area contributed by atoms with Crippen LogP contribution in [0.15, 0.2) is 71.8 Å². The summed E-state index contributed by atoms with van der Waals surface area (Å²) in [7, 11) is 1.93. The van der Waals surface area contributed by atoms with E-state index in [9.17, 15) is 18.0 Å². The Balaban J connectivity index is 0.000000266. The summed E-state index contributed by atoms with van der Waals surface area (Å²) >= 11 is 1.82. The lowest BCUT2D eigenvalue weighted by atomic mass is 10.0. The van der Waals surface area contributed by atoms with Gasteiger partial charge in [0.15, 0.2) is 0 Å². The van der Waals surface area contributed by atoms with Gasteiger partial charge in [-0.3, -0.25) is 9.78 Å². The van der Waals surface area contributed by atoms with Gasteiger partial charge in [-0.1, -0.05) is 25.1 Å². The third-order valence-electron chi connectivity index (χ3n) is 5.76. The largest absolute Gasteiger partial charge is 0.416 e. The molecule has 2 aromatic carbocycles. The molecule has 0 atom stereocenters. The number of alkyl halides is 3. The molecule has 0 aliphatic rings. The number of hydrogen-bond acceptors (Lipinski definition) is 4. The molecule has 0 spiro atoms. The number of hydrogen-bond donors (Lipinski definition) is 1. The van der Waals surface area contributed by atoms with Crippen LogP contribution >= 0.6 is 11.8 Å². The Hall–Kier alpha value is -3.10. The maximum atomic E-state index is 13.3. The Morgan fingerprint density at radius 1 is 1.08 bits per heavy atom. The van der Waals surface area contributed by atoms with Crippen LogP contribution < -0.4 is 5.32 Å². The Bertz CT molecular complexity index is 1290. The number of benzene rings is 2. The number of fused-ring (bicyclic) bond motifs is 1. The number of thioether (sulfide) groups is 1. The number of aromatic nitrogens is 2. The van der Waals surface area contributed by atoms with Crippen LogP contribution in [-0.4, -0.2) is 28.6 Å². The number of carbonyl (C=O) groups is 1. The molecule has 4 aromatic rings. The van der Waals surface area contributed by atoms with E-state index in [2.05, 4.69) is 29.4 Å². The highest BCUT2D eigenvalue weighted by atomic mass is 32.2. The predicted octanol–water partition coefficient (Wildman–Crippen LogP) is 7.56. The Kier molecular flexibility index (Phi) is 9.94. The summed E-state index contributed by atoms with van der Waals surface area (Å²) < 4.78 is 41.8. The molecule has 0 fully saturated rings. The molecule has 0 aliphatic carbocycles. The lowest BCUT2D eigenvalue weighted by Crippen LogP contribution is -2.11. The van der Waals surface area contributed by atoms with Gasteiger partial charge in [0, 0.05) is 52.3 Å². The maximum absolute atomic E-state index is 13.3. The molecule has 4 nitrogen and oxygen atoms in total. The zero-order valence-corrected chi connectivity index (χ0v) is 22.3. The minimum Gasteiger partial charge on any atom is -0.342 e. The molecule has 37 heavy (non-hydrogen) atoms. The van der Waals surface area contributed by atoms with Crippen molar-refractivity contribution in [1.82, 2.24) is 14.9 Å². The van der Waals surface area contributed by atoms with E-state index in [1.54, 1.807) is 18.2 Å². The fourth-order valence-electron chi connectivity index (χ4n) is 4.23. The molecule has 0 bridgehead atoms. The Morgan fingerprint density at radius 2 is 1.84 bits per heavy atom. The standard InChI is InChI=1S/C20H18F3NO.C9H14N2S/c1-13(2)24-17(11-16-9-14(12-25)7-8-19(16)24)10-15-5-3-4-6-18(15)20(21,22)23;1-3-12-9-5-4-8(6-10-2)11-7-9/h3-9,11-13H,10H2,1-2H3;4-5,7,10H,3,6H2,1-2H3. The molecule has 2 aromatic heterocycles. The monoisotopic (exact) mass is 527 g/mol. The van der Waals surface area contributed by atoms with Crippen molar-refractivity contribution in [2.24, 2.45) is 0 Å². The zero-order valence-electron chi connectivity index (χ0n) is 21.5. The van der Waals surface area contributed by atoms with Crippen LogP contribution in [0.4, 0.5) is 13.2 Å². The average Bonchev–Trinajstić information content (AvgIpc) is 3.23. The molecule has 0 saturated heterocycles. The number of carbonyl (C=O) groups excluding carboxylic acids is 1. The first-order chi connectivity index (χ1) is 17.7. The van der Waals surface area contributed by atoms with Crippen molar-refractivity contribution < 1.29 is 18.0 Å². The molecule has 8 heteroatoms. The van der Waals surface area contributed by atoms with Crippen molar-refractivity contribution in [2.75, 3.05) is 12.8 Å². The topological polar surface area (TPSA) is 46.9 Å². The van der Waals surface area contributed by atoms with Crippen LogP contribution in [0.2, 0.25) is 0 Å². The van der Waals surface area contributed by atoms with Gasteiger partial charge < -0.3 is 9.88 Å². The summed E-state index contributed by atoms with van der Waals surface area (Å²) in [5.74, 6) is 1.10. The molecule has 4 rings (SSSR count). The SMILES string of the molecule is CC(C)n1c(Cc2ccccc2C(F)(F)F)cc2cc(C=O)ccc21.CCSc1ccc(CNC)nc1. The number of nitrogens with zero attached hydrogens (tertiary/aromatic N) is 2. The van der Waals surface area contributed by atoms with Crippen LogP contribution in [0.5, 0.6) is 0 Å². The highest BCUT2D eigenvalue weighted by molar-refractivity contribution is 7.99. The maximum Gasteiger partial charge on any atom is 0.416 e. The molecule has 0 amide bonds. The average molecular weight is 528 g/mol. The fraction of sp³-hybridized carbons (Fsp3) is 0.310. The van der Waals surface area contributed by atoms with E-state index in [1.807, 2.05) is 55.6 Å². The van der Waals surface area contributed by atoms with E-state index in [0.717, 1.165) is 46.9 Å². The van der Waals surface area contributed by atoms with Crippen LogP contribution in [-0.2, 0) is 19.1 Å². The van der Waals surface area contributed by atoms with Crippen molar-refractivity contribution in [2.45, 2.75) is 50.9 Å². The normalized spacial score (nSPS) is 11.5. The van der Waals surface area contributed by atoms with Crippen LogP contribution in [0.25, 0.3) is 10.9 Å². The second-order valence-electron chi connectivity index (χ2n) is 8.82. The number of pyridine rings is 1. The van der Waals surface area contributed by atoms with Gasteiger partial charge in [-0.05, 0) is 74.7 Å². The summed E-state index contributed by atoms with van der Waals surface area (Å²) in [4.78, 5) is 16.5. The number of halogens is 3. The van der Waals surface area contributed by atoms with E-state index < -0.39 is 11.7 Å². The van der Waals surface area contributed by atoms with Gasteiger partial charge in [0.2, 0.25) is 0 Å². The third-order valence-corrected chi connectivity index (χ3v) is 6.62. The van der Waals surface area contributed by atoms with Gasteiger partial charge in [-0.25, -0.2) is 0 Å². The second-order valence-corrected chi connectivity index (χ2v) is 10.2. The van der Waals surface area contributed by atoms with Gasteiger partial charge in [0.05, 0.1) is 11.3 Å². The van der Waals surface area contributed by atoms with Crippen LogP contribution in [0, 0.1) is 0 Å². The highest BCUT2D eigenvalue weighted by Gasteiger charge is 2.33. The summed E-state index contributed by atoms with van der Waals surface area (Å²) in [6.45, 7) is 6.97. The fourth-order valence-corrected chi connectivity index (χ4v) is 4.85. The van der Waals surface area contributed by atoms with Gasteiger partial charge >= 0.3 is 6.18 Å². The first-order valence-electron chi connectivity index (χ1n) is 12.1. The number of rotatable bonds is 8. The molecule has 2 heterocycles. The van der Waals surface area contributed by atoms with Gasteiger partial charge in [-0.15, -0.1) is 11.8 Å². The van der Waals surface area contributed by atoms with Crippen molar-refractivity contribution in [3.8, 4) is 0 Å². The van der Waals surface area contributed by atoms with Crippen molar-refractivity contribution in [3.05, 3.63) is 94.9 Å². The van der Waals surface area contributed by atoms with E-state index in [-0.39, 0.29) is 18.0 Å². The van der Waals surface area contributed by atoms with Gasteiger partial charge in [0.25, 0.3) is 0 Å². The molecule has 1 N–H and O–H groups in total. The Labute approximate surface area is 220 Å². The summed E-state index contributed by atoms with van der Waals surface area (Å²) in [6, 6.07) is 17.1. The minimum atomic E-state index is -4.38. The molecule has 0 radical (unpaired) electrons. The summed E-state index contributed by atoms with van der Waals surface area (Å²) in [5.41, 5.74) is 3.00. The second kappa shape index (κ2) is 12.9. The lowest BCUT2D eigenvalue weighted by Gasteiger charge is -2.17. The molecular formula is C29H32F3N3OS.